The van der Waals surface area contributed by atoms with Gasteiger partial charge < -0.3 is 25.2 Å². The second kappa shape index (κ2) is 8.62. The van der Waals surface area contributed by atoms with Gasteiger partial charge in [-0.05, 0) is 31.2 Å². The highest BCUT2D eigenvalue weighted by molar-refractivity contribution is 5.84. The lowest BCUT2D eigenvalue weighted by atomic mass is 10.2. The molecule has 1 atom stereocenters. The Morgan fingerprint density at radius 2 is 1.87 bits per heavy atom. The molecule has 0 saturated carbocycles. The molecular weight excluding hydrogens is 304 g/mol. The smallest absolute Gasteiger partial charge is 0.326 e. The Hall–Kier alpha value is -2.77. The van der Waals surface area contributed by atoms with Crippen LogP contribution in [0.4, 0.5) is 0 Å². The molecule has 1 rings (SSSR count). The summed E-state index contributed by atoms with van der Waals surface area (Å²) >= 11 is 0. The molecule has 0 fully saturated rings. The zero-order valence-corrected chi connectivity index (χ0v) is 13.0. The van der Waals surface area contributed by atoms with E-state index in [4.69, 9.17) is 14.9 Å². The number of nitrogens with zero attached hydrogens (tertiary/aromatic N) is 1. The van der Waals surface area contributed by atoms with Gasteiger partial charge in [-0.2, -0.15) is 0 Å². The Kier molecular flexibility index (Phi) is 6.85. The fourth-order valence-corrected chi connectivity index (χ4v) is 1.79. The van der Waals surface area contributed by atoms with Crippen LogP contribution in [0.3, 0.4) is 0 Å². The first-order valence-corrected chi connectivity index (χ1v) is 6.99. The lowest BCUT2D eigenvalue weighted by Gasteiger charge is -2.26. The van der Waals surface area contributed by atoms with Gasteiger partial charge in [0.1, 0.15) is 17.5 Å². The van der Waals surface area contributed by atoms with Gasteiger partial charge in [-0.15, -0.1) is 0 Å². The van der Waals surface area contributed by atoms with Crippen LogP contribution >= 0.6 is 0 Å². The Labute approximate surface area is 133 Å². The number of ether oxygens (including phenoxy) is 1. The van der Waals surface area contributed by atoms with E-state index in [1.54, 1.807) is 0 Å². The number of benzene rings is 1. The van der Waals surface area contributed by atoms with Crippen molar-refractivity contribution in [1.82, 2.24) is 10.2 Å². The largest absolute Gasteiger partial charge is 0.508 e. The Morgan fingerprint density at radius 1 is 1.26 bits per heavy atom. The highest BCUT2D eigenvalue weighted by Crippen LogP contribution is 2.16. The number of phenolic OH excluding ortho intramolecular Hbond substituents is 1. The van der Waals surface area contributed by atoms with E-state index in [9.17, 15) is 14.4 Å². The van der Waals surface area contributed by atoms with Crippen LogP contribution in [-0.2, 0) is 14.4 Å². The number of aliphatic carboxylic acids is 1. The van der Waals surface area contributed by atoms with Crippen molar-refractivity contribution >= 4 is 17.8 Å². The van der Waals surface area contributed by atoms with Gasteiger partial charge in [-0.25, -0.2) is 4.79 Å². The summed E-state index contributed by atoms with van der Waals surface area (Å²) in [6.07, 6.45) is 0. The fourth-order valence-electron chi connectivity index (χ4n) is 1.79. The summed E-state index contributed by atoms with van der Waals surface area (Å²) in [5.41, 5.74) is 0. The quantitative estimate of drug-likeness (QED) is 0.629. The SMILES string of the molecule is CC(=O)NCCN(C(=O)COc1ccc(O)cc1)C(C)C(=O)O. The fraction of sp³-hybridized carbons (Fsp3) is 0.400. The van der Waals surface area contributed by atoms with E-state index < -0.39 is 17.9 Å². The van der Waals surface area contributed by atoms with Gasteiger partial charge in [-0.1, -0.05) is 0 Å². The Morgan fingerprint density at radius 3 is 2.39 bits per heavy atom. The van der Waals surface area contributed by atoms with Gasteiger partial charge >= 0.3 is 5.97 Å². The van der Waals surface area contributed by atoms with Crippen LogP contribution in [0, 0.1) is 0 Å². The first kappa shape index (κ1) is 18.3. The molecule has 8 heteroatoms. The molecule has 0 aromatic heterocycles. The van der Waals surface area contributed by atoms with Crippen LogP contribution in [-0.4, -0.2) is 58.6 Å². The minimum absolute atomic E-state index is 0.0603. The van der Waals surface area contributed by atoms with Gasteiger partial charge in [0.25, 0.3) is 5.91 Å². The molecule has 3 N–H and O–H groups in total. The third-order valence-corrected chi connectivity index (χ3v) is 3.07. The van der Waals surface area contributed by atoms with Crippen molar-refractivity contribution in [2.24, 2.45) is 0 Å². The van der Waals surface area contributed by atoms with Crippen molar-refractivity contribution in [3.8, 4) is 11.5 Å². The van der Waals surface area contributed by atoms with Gasteiger partial charge in [0, 0.05) is 20.0 Å². The van der Waals surface area contributed by atoms with Crippen LogP contribution in [0.5, 0.6) is 11.5 Å². The normalized spacial score (nSPS) is 11.4. The molecule has 0 aliphatic heterocycles. The monoisotopic (exact) mass is 324 g/mol. The highest BCUT2D eigenvalue weighted by Gasteiger charge is 2.25. The number of rotatable bonds is 8. The first-order chi connectivity index (χ1) is 10.8. The molecule has 2 amide bonds. The maximum absolute atomic E-state index is 12.2. The molecule has 0 heterocycles. The standard InChI is InChI=1S/C15H20N2O6/c1-10(15(21)22)17(8-7-16-11(2)18)14(20)9-23-13-5-3-12(19)4-6-13/h3-6,10,19H,7-9H2,1-2H3,(H,16,18)(H,21,22). The zero-order valence-electron chi connectivity index (χ0n) is 13.0. The Bertz CT molecular complexity index is 558. The van der Waals surface area contributed by atoms with Gasteiger partial charge in [0.2, 0.25) is 5.91 Å². The van der Waals surface area contributed by atoms with Crippen LogP contribution in [0.2, 0.25) is 0 Å². The van der Waals surface area contributed by atoms with Gasteiger partial charge in [0.05, 0.1) is 0 Å². The molecule has 8 nitrogen and oxygen atoms in total. The molecule has 0 bridgehead atoms. The summed E-state index contributed by atoms with van der Waals surface area (Å²) in [5.74, 6) is -1.48. The molecule has 0 aliphatic rings. The average Bonchev–Trinajstić information content (AvgIpc) is 2.49. The number of hydrogen-bond acceptors (Lipinski definition) is 5. The number of carbonyl (C=O) groups is 3. The van der Waals surface area contributed by atoms with Crippen molar-refractivity contribution in [3.05, 3.63) is 24.3 Å². The molecule has 0 aliphatic carbocycles. The van der Waals surface area contributed by atoms with Crippen LogP contribution in [0.25, 0.3) is 0 Å². The van der Waals surface area contributed by atoms with Crippen molar-refractivity contribution in [1.29, 1.82) is 0 Å². The van der Waals surface area contributed by atoms with Crippen molar-refractivity contribution in [2.45, 2.75) is 19.9 Å². The molecule has 1 aromatic rings. The summed E-state index contributed by atoms with van der Waals surface area (Å²) in [6.45, 7) is 2.58. The van der Waals surface area contributed by atoms with E-state index in [2.05, 4.69) is 5.32 Å². The van der Waals surface area contributed by atoms with Crippen LogP contribution < -0.4 is 10.1 Å². The summed E-state index contributed by atoms with van der Waals surface area (Å²) in [5, 5.41) is 20.8. The predicted molar refractivity (Wildman–Crippen MR) is 81.1 cm³/mol. The maximum Gasteiger partial charge on any atom is 0.326 e. The molecule has 0 spiro atoms. The average molecular weight is 324 g/mol. The number of phenols is 1. The molecule has 1 unspecified atom stereocenters. The topological polar surface area (TPSA) is 116 Å². The number of nitrogens with one attached hydrogen (secondary N) is 1. The first-order valence-electron chi connectivity index (χ1n) is 6.99. The lowest BCUT2D eigenvalue weighted by Crippen LogP contribution is -2.48. The molecule has 1 aromatic carbocycles. The van der Waals surface area contributed by atoms with E-state index >= 15 is 0 Å². The van der Waals surface area contributed by atoms with Gasteiger partial charge in [-0.3, -0.25) is 9.59 Å². The summed E-state index contributed by atoms with van der Waals surface area (Å²) in [4.78, 5) is 35.3. The summed E-state index contributed by atoms with van der Waals surface area (Å²) < 4.78 is 5.28. The van der Waals surface area contributed by atoms with Crippen molar-refractivity contribution in [3.63, 3.8) is 0 Å². The second-order valence-corrected chi connectivity index (χ2v) is 4.87. The lowest BCUT2D eigenvalue weighted by molar-refractivity contribution is -0.150. The van der Waals surface area contributed by atoms with Crippen LogP contribution in [0.15, 0.2) is 24.3 Å². The number of aromatic hydroxyl groups is 1. The number of carbonyl (C=O) groups excluding carboxylic acids is 2. The number of carboxylic acids is 1. The van der Waals surface area contributed by atoms with E-state index in [1.807, 2.05) is 0 Å². The molecule has 126 valence electrons. The minimum atomic E-state index is -1.15. The van der Waals surface area contributed by atoms with E-state index in [1.165, 1.54) is 38.1 Å². The minimum Gasteiger partial charge on any atom is -0.508 e. The highest BCUT2D eigenvalue weighted by atomic mass is 16.5. The van der Waals surface area contributed by atoms with Crippen LogP contribution in [0.1, 0.15) is 13.8 Å². The predicted octanol–water partition coefficient (Wildman–Crippen LogP) is 0.209. The Balaban J connectivity index is 2.64. The molecular formula is C15H20N2O6. The number of carboxylic acid groups (broad SMARTS) is 1. The third kappa shape index (κ3) is 6.25. The van der Waals surface area contributed by atoms with E-state index in [0.29, 0.717) is 5.75 Å². The van der Waals surface area contributed by atoms with E-state index in [-0.39, 0.29) is 31.4 Å². The summed E-state index contributed by atoms with van der Waals surface area (Å²) in [7, 11) is 0. The number of amides is 2. The third-order valence-electron chi connectivity index (χ3n) is 3.07. The van der Waals surface area contributed by atoms with Crippen molar-refractivity contribution in [2.75, 3.05) is 19.7 Å². The van der Waals surface area contributed by atoms with Crippen molar-refractivity contribution < 1.29 is 29.3 Å². The molecule has 0 saturated heterocycles. The summed E-state index contributed by atoms with van der Waals surface area (Å²) in [6, 6.07) is 4.76. The molecule has 23 heavy (non-hydrogen) atoms. The zero-order chi connectivity index (χ0) is 17.4. The second-order valence-electron chi connectivity index (χ2n) is 4.87. The van der Waals surface area contributed by atoms with E-state index in [0.717, 1.165) is 4.90 Å². The van der Waals surface area contributed by atoms with Gasteiger partial charge in [0.15, 0.2) is 6.61 Å². The number of hydrogen-bond donors (Lipinski definition) is 3. The molecule has 0 radical (unpaired) electrons. The maximum atomic E-state index is 12.2.